The van der Waals surface area contributed by atoms with Crippen LogP contribution in [0.15, 0.2) is 30.3 Å². The van der Waals surface area contributed by atoms with Crippen LogP contribution in [0.2, 0.25) is 0 Å². The number of aliphatic carboxylic acids is 1. The third-order valence-electron chi connectivity index (χ3n) is 2.72. The number of ether oxygens (including phenoxy) is 1. The van der Waals surface area contributed by atoms with E-state index in [1.165, 1.54) is 0 Å². The molecule has 1 saturated heterocycles. The van der Waals surface area contributed by atoms with E-state index >= 15 is 0 Å². The van der Waals surface area contributed by atoms with Crippen LogP contribution in [0, 0.1) is 0 Å². The molecule has 2 N–H and O–H groups in total. The van der Waals surface area contributed by atoms with Gasteiger partial charge in [-0.1, -0.05) is 30.3 Å². The highest BCUT2D eigenvalue weighted by atomic mass is 16.5. The van der Waals surface area contributed by atoms with Gasteiger partial charge in [-0.15, -0.1) is 0 Å². The number of carboxylic acid groups (broad SMARTS) is 1. The molecule has 2 atom stereocenters. The summed E-state index contributed by atoms with van der Waals surface area (Å²) in [5, 5.41) is 11.7. The van der Waals surface area contributed by atoms with Crippen molar-refractivity contribution in [2.75, 3.05) is 6.54 Å². The Morgan fingerprint density at radius 2 is 2.19 bits per heavy atom. The predicted molar refractivity (Wildman–Crippen MR) is 59.1 cm³/mol. The quantitative estimate of drug-likeness (QED) is 0.797. The largest absolute Gasteiger partial charge is 0.480 e. The maximum Gasteiger partial charge on any atom is 0.320 e. The van der Waals surface area contributed by atoms with Gasteiger partial charge in [-0.2, -0.15) is 0 Å². The Balaban J connectivity index is 1.78. The van der Waals surface area contributed by atoms with Gasteiger partial charge >= 0.3 is 5.97 Å². The molecule has 86 valence electrons. The van der Waals surface area contributed by atoms with Crippen molar-refractivity contribution in [1.82, 2.24) is 5.32 Å². The first kappa shape index (κ1) is 11.1. The van der Waals surface area contributed by atoms with Gasteiger partial charge in [-0.3, -0.25) is 4.79 Å². The van der Waals surface area contributed by atoms with Crippen molar-refractivity contribution in [1.29, 1.82) is 0 Å². The van der Waals surface area contributed by atoms with Crippen molar-refractivity contribution in [3.63, 3.8) is 0 Å². The number of nitrogens with one attached hydrogen (secondary N) is 1. The van der Waals surface area contributed by atoms with Crippen molar-refractivity contribution < 1.29 is 14.6 Å². The van der Waals surface area contributed by atoms with Gasteiger partial charge < -0.3 is 15.2 Å². The maximum absolute atomic E-state index is 10.7. The van der Waals surface area contributed by atoms with Crippen LogP contribution in [-0.2, 0) is 16.1 Å². The average Bonchev–Trinajstić information content (AvgIpc) is 2.76. The minimum Gasteiger partial charge on any atom is -0.480 e. The Kier molecular flexibility index (Phi) is 3.54. The first-order chi connectivity index (χ1) is 7.75. The molecule has 16 heavy (non-hydrogen) atoms. The Hall–Kier alpha value is -1.39. The molecular formula is C12H15NO3. The molecule has 1 aliphatic heterocycles. The summed E-state index contributed by atoms with van der Waals surface area (Å²) >= 11 is 0. The second-order valence-corrected chi connectivity index (χ2v) is 3.95. The molecule has 1 heterocycles. The Bertz CT molecular complexity index is 353. The molecule has 0 bridgehead atoms. The van der Waals surface area contributed by atoms with E-state index in [1.54, 1.807) is 0 Å². The van der Waals surface area contributed by atoms with Crippen molar-refractivity contribution in [3.8, 4) is 0 Å². The zero-order valence-corrected chi connectivity index (χ0v) is 8.93. The molecule has 0 aromatic heterocycles. The van der Waals surface area contributed by atoms with Crippen LogP contribution in [-0.4, -0.2) is 29.8 Å². The Morgan fingerprint density at radius 1 is 1.44 bits per heavy atom. The van der Waals surface area contributed by atoms with Gasteiger partial charge in [0.05, 0.1) is 12.7 Å². The molecule has 1 aromatic rings. The third kappa shape index (κ3) is 2.81. The van der Waals surface area contributed by atoms with E-state index in [1.807, 2.05) is 30.3 Å². The molecule has 1 aliphatic rings. The smallest absolute Gasteiger partial charge is 0.320 e. The van der Waals surface area contributed by atoms with Gasteiger partial charge in [-0.25, -0.2) is 0 Å². The van der Waals surface area contributed by atoms with Crippen molar-refractivity contribution in [3.05, 3.63) is 35.9 Å². The lowest BCUT2D eigenvalue weighted by Crippen LogP contribution is -2.29. The van der Waals surface area contributed by atoms with E-state index in [-0.39, 0.29) is 6.10 Å². The van der Waals surface area contributed by atoms with Gasteiger partial charge in [-0.05, 0) is 5.56 Å². The van der Waals surface area contributed by atoms with Crippen LogP contribution in [0.1, 0.15) is 12.0 Å². The van der Waals surface area contributed by atoms with Crippen LogP contribution in [0.4, 0.5) is 0 Å². The normalized spacial score (nSPS) is 24.5. The van der Waals surface area contributed by atoms with Crippen molar-refractivity contribution in [2.45, 2.75) is 25.2 Å². The highest BCUT2D eigenvalue weighted by Crippen LogP contribution is 2.12. The minimum atomic E-state index is -0.800. The highest BCUT2D eigenvalue weighted by Gasteiger charge is 2.29. The van der Waals surface area contributed by atoms with E-state index in [9.17, 15) is 4.79 Å². The fourth-order valence-corrected chi connectivity index (χ4v) is 1.81. The van der Waals surface area contributed by atoms with E-state index in [2.05, 4.69) is 5.32 Å². The standard InChI is InChI=1S/C12H15NO3/c14-12(15)11-6-10(7-13-11)16-8-9-4-2-1-3-5-9/h1-5,10-11,13H,6-8H2,(H,14,15)/t10-,11?/m1/s1. The topological polar surface area (TPSA) is 58.6 Å². The molecule has 0 spiro atoms. The molecule has 4 nitrogen and oxygen atoms in total. The summed E-state index contributed by atoms with van der Waals surface area (Å²) in [6, 6.07) is 9.42. The molecule has 1 aromatic carbocycles. The summed E-state index contributed by atoms with van der Waals surface area (Å²) in [6.07, 6.45) is 0.545. The average molecular weight is 221 g/mol. The predicted octanol–water partition coefficient (Wildman–Crippen LogP) is 1.02. The molecule has 0 radical (unpaired) electrons. The summed E-state index contributed by atoms with van der Waals surface area (Å²) in [5.74, 6) is -0.800. The summed E-state index contributed by atoms with van der Waals surface area (Å²) < 4.78 is 5.64. The first-order valence-corrected chi connectivity index (χ1v) is 5.37. The lowest BCUT2D eigenvalue weighted by atomic mass is 10.2. The number of benzene rings is 1. The third-order valence-corrected chi connectivity index (χ3v) is 2.72. The number of carbonyl (C=O) groups is 1. The molecule has 1 fully saturated rings. The number of carboxylic acids is 1. The van der Waals surface area contributed by atoms with Crippen LogP contribution in [0.5, 0.6) is 0 Å². The van der Waals surface area contributed by atoms with Gasteiger partial charge in [0.1, 0.15) is 6.04 Å². The van der Waals surface area contributed by atoms with E-state index in [0.717, 1.165) is 5.56 Å². The molecule has 2 rings (SSSR count). The lowest BCUT2D eigenvalue weighted by molar-refractivity contribution is -0.139. The SMILES string of the molecule is O=C(O)C1C[C@@H](OCc2ccccc2)CN1. The van der Waals surface area contributed by atoms with Crippen molar-refractivity contribution >= 4 is 5.97 Å². The molecular weight excluding hydrogens is 206 g/mol. The van der Waals surface area contributed by atoms with Gasteiger partial charge in [0, 0.05) is 13.0 Å². The fourth-order valence-electron chi connectivity index (χ4n) is 1.81. The summed E-state index contributed by atoms with van der Waals surface area (Å²) in [4.78, 5) is 10.7. The zero-order valence-electron chi connectivity index (χ0n) is 8.93. The molecule has 0 amide bonds. The zero-order chi connectivity index (χ0) is 11.4. The minimum absolute atomic E-state index is 0.00121. The maximum atomic E-state index is 10.7. The summed E-state index contributed by atoms with van der Waals surface area (Å²) in [7, 11) is 0. The molecule has 1 unspecified atom stereocenters. The number of hydrogen-bond donors (Lipinski definition) is 2. The first-order valence-electron chi connectivity index (χ1n) is 5.37. The van der Waals surface area contributed by atoms with Gasteiger partial charge in [0.15, 0.2) is 0 Å². The summed E-state index contributed by atoms with van der Waals surface area (Å²) in [5.41, 5.74) is 1.11. The molecule has 4 heteroatoms. The van der Waals surface area contributed by atoms with Gasteiger partial charge in [0.2, 0.25) is 0 Å². The van der Waals surface area contributed by atoms with Crippen LogP contribution in [0.3, 0.4) is 0 Å². The van der Waals surface area contributed by atoms with E-state index < -0.39 is 12.0 Å². The van der Waals surface area contributed by atoms with Crippen LogP contribution in [0.25, 0.3) is 0 Å². The summed E-state index contributed by atoms with van der Waals surface area (Å²) in [6.45, 7) is 1.16. The number of rotatable bonds is 4. The lowest BCUT2D eigenvalue weighted by Gasteiger charge is -2.10. The fraction of sp³-hybridized carbons (Fsp3) is 0.417. The highest BCUT2D eigenvalue weighted by molar-refractivity contribution is 5.73. The molecule has 0 aliphatic carbocycles. The van der Waals surface area contributed by atoms with E-state index in [0.29, 0.717) is 19.6 Å². The number of hydrogen-bond acceptors (Lipinski definition) is 3. The second-order valence-electron chi connectivity index (χ2n) is 3.95. The van der Waals surface area contributed by atoms with E-state index in [4.69, 9.17) is 9.84 Å². The van der Waals surface area contributed by atoms with Gasteiger partial charge in [0.25, 0.3) is 0 Å². The monoisotopic (exact) mass is 221 g/mol. The second kappa shape index (κ2) is 5.09. The Morgan fingerprint density at radius 3 is 2.81 bits per heavy atom. The van der Waals surface area contributed by atoms with Crippen LogP contribution >= 0.6 is 0 Å². The van der Waals surface area contributed by atoms with Crippen LogP contribution < -0.4 is 5.32 Å². The molecule has 0 saturated carbocycles. The van der Waals surface area contributed by atoms with Crippen molar-refractivity contribution in [2.24, 2.45) is 0 Å². The Labute approximate surface area is 94.2 Å².